The SMILES string of the molecule is C=C(/C=C\C=C/C)c1ccccc1N(c1ccc2c(c1)C(C)(C)c1ccccc1-2)c1ccc2c(c1)C1(c3ccccc3-c3ccccc31)c1ccccc1-2. The summed E-state index contributed by atoms with van der Waals surface area (Å²) in [6, 6.07) is 59.0. The normalized spacial score (nSPS) is 14.8. The van der Waals surface area contributed by atoms with Crippen molar-refractivity contribution >= 4 is 22.6 Å². The Bertz CT molecular complexity index is 2670. The van der Waals surface area contributed by atoms with Gasteiger partial charge in [0.25, 0.3) is 0 Å². The second kappa shape index (κ2) is 12.0. The van der Waals surface area contributed by atoms with Gasteiger partial charge in [0.1, 0.15) is 0 Å². The van der Waals surface area contributed by atoms with Crippen LogP contribution in [0.1, 0.15) is 59.7 Å². The van der Waals surface area contributed by atoms with Gasteiger partial charge in [-0.3, -0.25) is 0 Å². The Labute approximate surface area is 318 Å². The van der Waals surface area contributed by atoms with Crippen LogP contribution in [0.3, 0.4) is 0 Å². The maximum absolute atomic E-state index is 4.58. The lowest BCUT2D eigenvalue weighted by Gasteiger charge is -2.33. The first-order valence-corrected chi connectivity index (χ1v) is 19.0. The summed E-state index contributed by atoms with van der Waals surface area (Å²) in [6.07, 6.45) is 8.29. The van der Waals surface area contributed by atoms with Crippen molar-refractivity contribution in [1.82, 2.24) is 0 Å². The molecule has 0 N–H and O–H groups in total. The van der Waals surface area contributed by atoms with Crippen LogP contribution in [0.4, 0.5) is 17.1 Å². The molecule has 0 aliphatic heterocycles. The molecular formula is C53H41N. The number of allylic oxidation sites excluding steroid dienone is 5. The molecule has 3 aliphatic rings. The summed E-state index contributed by atoms with van der Waals surface area (Å²) in [5, 5.41) is 0. The Morgan fingerprint density at radius 3 is 1.50 bits per heavy atom. The summed E-state index contributed by atoms with van der Waals surface area (Å²) < 4.78 is 0. The van der Waals surface area contributed by atoms with E-state index < -0.39 is 5.41 Å². The van der Waals surface area contributed by atoms with E-state index in [4.69, 9.17) is 0 Å². The van der Waals surface area contributed by atoms with Crippen LogP contribution in [-0.2, 0) is 10.8 Å². The third kappa shape index (κ3) is 4.39. The summed E-state index contributed by atoms with van der Waals surface area (Å²) in [5.41, 5.74) is 20.8. The molecule has 0 bridgehead atoms. The van der Waals surface area contributed by atoms with Crippen molar-refractivity contribution in [3.63, 3.8) is 0 Å². The highest BCUT2D eigenvalue weighted by molar-refractivity contribution is 5.97. The fourth-order valence-electron chi connectivity index (χ4n) is 9.79. The van der Waals surface area contributed by atoms with Crippen LogP contribution in [0.5, 0.6) is 0 Å². The van der Waals surface area contributed by atoms with Gasteiger partial charge in [0.05, 0.1) is 11.1 Å². The predicted octanol–water partition coefficient (Wildman–Crippen LogP) is 14.0. The zero-order valence-corrected chi connectivity index (χ0v) is 31.0. The molecule has 0 fully saturated rings. The van der Waals surface area contributed by atoms with E-state index in [0.29, 0.717) is 0 Å². The maximum Gasteiger partial charge on any atom is 0.0726 e. The third-order valence-corrected chi connectivity index (χ3v) is 12.2. The second-order valence-electron chi connectivity index (χ2n) is 15.3. The van der Waals surface area contributed by atoms with Crippen LogP contribution in [0.2, 0.25) is 0 Å². The standard InChI is InChI=1S/C53H41N/c1-5-6-7-18-35(2)38-19-12-17-28-51(38)54(36-29-31-43-39-20-8-13-24-45(39)52(3,4)49(43)33-36)37-30-32-44-42-23-11-16-27-48(42)53(50(44)34-37)46-25-14-9-21-40(46)41-22-10-15-26-47(41)53/h5-34H,2H2,1,3-4H3/b6-5-,18-7-. The number of anilines is 3. The Hall–Kier alpha value is -6.44. The molecule has 7 aromatic rings. The predicted molar refractivity (Wildman–Crippen MR) is 228 cm³/mol. The van der Waals surface area contributed by atoms with Crippen molar-refractivity contribution in [3.05, 3.63) is 228 Å². The molecule has 0 saturated carbocycles. The maximum atomic E-state index is 4.58. The van der Waals surface area contributed by atoms with E-state index >= 15 is 0 Å². The highest BCUT2D eigenvalue weighted by Crippen LogP contribution is 2.63. The summed E-state index contributed by atoms with van der Waals surface area (Å²) in [4.78, 5) is 2.47. The number of benzene rings is 7. The van der Waals surface area contributed by atoms with Gasteiger partial charge in [0, 0.05) is 22.4 Å². The fraction of sp³-hybridized carbons (Fsp3) is 0.0943. The van der Waals surface area contributed by atoms with Crippen molar-refractivity contribution in [2.24, 2.45) is 0 Å². The smallest absolute Gasteiger partial charge is 0.0726 e. The molecule has 1 nitrogen and oxygen atoms in total. The Morgan fingerprint density at radius 2 is 0.926 bits per heavy atom. The van der Waals surface area contributed by atoms with E-state index in [2.05, 4.69) is 201 Å². The van der Waals surface area contributed by atoms with E-state index in [0.717, 1.165) is 28.2 Å². The highest BCUT2D eigenvalue weighted by atomic mass is 15.1. The van der Waals surface area contributed by atoms with Gasteiger partial charge >= 0.3 is 0 Å². The second-order valence-corrected chi connectivity index (χ2v) is 15.3. The van der Waals surface area contributed by atoms with E-state index in [-0.39, 0.29) is 5.41 Å². The molecule has 7 aromatic carbocycles. The minimum absolute atomic E-state index is 0.132. The molecule has 0 aromatic heterocycles. The van der Waals surface area contributed by atoms with Gasteiger partial charge in [-0.25, -0.2) is 0 Å². The number of nitrogens with zero attached hydrogens (tertiary/aromatic N) is 1. The molecule has 0 amide bonds. The van der Waals surface area contributed by atoms with E-state index in [1.54, 1.807) is 0 Å². The van der Waals surface area contributed by atoms with Crippen LogP contribution in [0.15, 0.2) is 189 Å². The lowest BCUT2D eigenvalue weighted by Crippen LogP contribution is -2.26. The molecule has 1 heteroatoms. The minimum Gasteiger partial charge on any atom is -0.310 e. The van der Waals surface area contributed by atoms with Gasteiger partial charge in [-0.1, -0.05) is 172 Å². The van der Waals surface area contributed by atoms with Crippen molar-refractivity contribution in [2.75, 3.05) is 4.90 Å². The summed E-state index contributed by atoms with van der Waals surface area (Å²) in [7, 11) is 0. The monoisotopic (exact) mass is 691 g/mol. The molecule has 10 rings (SSSR count). The number of hydrogen-bond donors (Lipinski definition) is 0. The van der Waals surface area contributed by atoms with Crippen molar-refractivity contribution < 1.29 is 0 Å². The average Bonchev–Trinajstić information content (AvgIpc) is 3.77. The molecular weight excluding hydrogens is 651 g/mol. The third-order valence-electron chi connectivity index (χ3n) is 12.2. The largest absolute Gasteiger partial charge is 0.310 e. The molecule has 0 heterocycles. The van der Waals surface area contributed by atoms with Crippen LogP contribution in [-0.4, -0.2) is 0 Å². The van der Waals surface area contributed by atoms with E-state index in [9.17, 15) is 0 Å². The molecule has 54 heavy (non-hydrogen) atoms. The Kier molecular flexibility index (Phi) is 7.19. The van der Waals surface area contributed by atoms with Crippen molar-refractivity contribution in [1.29, 1.82) is 0 Å². The van der Waals surface area contributed by atoms with E-state index in [1.165, 1.54) is 66.8 Å². The lowest BCUT2D eigenvalue weighted by atomic mass is 9.70. The Balaban J connectivity index is 1.24. The van der Waals surface area contributed by atoms with Gasteiger partial charge < -0.3 is 4.90 Å². The molecule has 0 unspecified atom stereocenters. The summed E-state index contributed by atoms with van der Waals surface area (Å²) in [6.45, 7) is 11.3. The zero-order valence-electron chi connectivity index (χ0n) is 31.0. The van der Waals surface area contributed by atoms with Crippen molar-refractivity contribution in [3.8, 4) is 33.4 Å². The number of fused-ring (bicyclic) bond motifs is 13. The van der Waals surface area contributed by atoms with Crippen molar-refractivity contribution in [2.45, 2.75) is 31.6 Å². The van der Waals surface area contributed by atoms with Gasteiger partial charge in [0.15, 0.2) is 0 Å². The molecule has 0 atom stereocenters. The number of para-hydroxylation sites is 1. The van der Waals surface area contributed by atoms with Gasteiger partial charge in [0.2, 0.25) is 0 Å². The quantitative estimate of drug-likeness (QED) is 0.157. The topological polar surface area (TPSA) is 3.24 Å². The number of rotatable bonds is 6. The molecule has 1 spiro atoms. The highest BCUT2D eigenvalue weighted by Gasteiger charge is 2.51. The van der Waals surface area contributed by atoms with Gasteiger partial charge in [-0.05, 0) is 110 Å². The fourth-order valence-corrected chi connectivity index (χ4v) is 9.79. The molecule has 0 saturated heterocycles. The molecule has 0 radical (unpaired) electrons. The van der Waals surface area contributed by atoms with Crippen LogP contribution >= 0.6 is 0 Å². The summed E-state index contributed by atoms with van der Waals surface area (Å²) >= 11 is 0. The van der Waals surface area contributed by atoms with Crippen LogP contribution in [0, 0.1) is 0 Å². The first kappa shape index (κ1) is 32.2. The van der Waals surface area contributed by atoms with Crippen LogP contribution < -0.4 is 4.90 Å². The first-order valence-electron chi connectivity index (χ1n) is 19.0. The molecule has 258 valence electrons. The molecule has 3 aliphatic carbocycles. The number of hydrogen-bond acceptors (Lipinski definition) is 1. The van der Waals surface area contributed by atoms with Gasteiger partial charge in [-0.2, -0.15) is 0 Å². The van der Waals surface area contributed by atoms with Crippen LogP contribution in [0.25, 0.3) is 39.0 Å². The van der Waals surface area contributed by atoms with Gasteiger partial charge in [-0.15, -0.1) is 0 Å². The Morgan fingerprint density at radius 1 is 0.481 bits per heavy atom. The van der Waals surface area contributed by atoms with E-state index in [1.807, 2.05) is 13.0 Å². The lowest BCUT2D eigenvalue weighted by molar-refractivity contribution is 0.660. The average molecular weight is 692 g/mol. The minimum atomic E-state index is -0.430. The first-order chi connectivity index (χ1) is 26.4. The zero-order chi connectivity index (χ0) is 36.6. The summed E-state index contributed by atoms with van der Waals surface area (Å²) in [5.74, 6) is 0.